The van der Waals surface area contributed by atoms with E-state index < -0.39 is 0 Å². The number of hydrogen-bond acceptors (Lipinski definition) is 5. The maximum absolute atomic E-state index is 13.9. The molecule has 0 radical (unpaired) electrons. The van der Waals surface area contributed by atoms with Gasteiger partial charge in [0.15, 0.2) is 16.3 Å². The first-order valence-corrected chi connectivity index (χ1v) is 9.12. The first kappa shape index (κ1) is 17.5. The van der Waals surface area contributed by atoms with E-state index in [9.17, 15) is 9.18 Å². The summed E-state index contributed by atoms with van der Waals surface area (Å²) in [5.74, 6) is 0.590. The Kier molecular flexibility index (Phi) is 5.43. The number of aromatic nitrogens is 4. The smallest absolute Gasteiger partial charge is 0.282 e. The Balaban J connectivity index is 1.98. The molecule has 3 aromatic rings. The molecule has 2 heterocycles. The van der Waals surface area contributed by atoms with E-state index in [-0.39, 0.29) is 16.9 Å². The van der Waals surface area contributed by atoms with Crippen LogP contribution in [0.3, 0.4) is 0 Å². The van der Waals surface area contributed by atoms with Crippen LogP contribution in [-0.4, -0.2) is 19.5 Å². The molecule has 0 atom stereocenters. The van der Waals surface area contributed by atoms with Crippen LogP contribution in [0.5, 0.6) is 0 Å². The molecule has 0 spiro atoms. The van der Waals surface area contributed by atoms with Crippen molar-refractivity contribution in [2.24, 2.45) is 5.92 Å². The lowest BCUT2D eigenvalue weighted by Crippen LogP contribution is -2.25. The number of halogens is 1. The summed E-state index contributed by atoms with van der Waals surface area (Å²) in [7, 11) is 0. The third kappa shape index (κ3) is 4.04. The van der Waals surface area contributed by atoms with Crippen molar-refractivity contribution < 1.29 is 4.39 Å². The average Bonchev–Trinajstić information content (AvgIpc) is 2.60. The van der Waals surface area contributed by atoms with Gasteiger partial charge in [-0.25, -0.2) is 19.3 Å². The summed E-state index contributed by atoms with van der Waals surface area (Å²) in [6.07, 6.45) is 3.85. The molecule has 0 aliphatic heterocycles. The monoisotopic (exact) mass is 358 g/mol. The molecular weight excluding hydrogens is 339 g/mol. The molecule has 7 heteroatoms. The molecule has 0 N–H and O–H groups in total. The van der Waals surface area contributed by atoms with Gasteiger partial charge in [-0.1, -0.05) is 43.8 Å². The van der Waals surface area contributed by atoms with Crippen molar-refractivity contribution in [3.05, 3.63) is 58.4 Å². The molecule has 0 aliphatic rings. The van der Waals surface area contributed by atoms with E-state index in [2.05, 4.69) is 28.8 Å². The van der Waals surface area contributed by atoms with Crippen LogP contribution in [0.2, 0.25) is 0 Å². The van der Waals surface area contributed by atoms with E-state index in [4.69, 9.17) is 0 Å². The van der Waals surface area contributed by atoms with Crippen molar-refractivity contribution in [2.45, 2.75) is 37.7 Å². The number of fused-ring (bicyclic) bond motifs is 1. The third-order valence-electron chi connectivity index (χ3n) is 3.80. The Hall–Kier alpha value is -2.28. The Labute approximate surface area is 149 Å². The van der Waals surface area contributed by atoms with Gasteiger partial charge in [-0.15, -0.1) is 0 Å². The molecule has 1 aromatic carbocycles. The van der Waals surface area contributed by atoms with Gasteiger partial charge < -0.3 is 0 Å². The third-order valence-corrected chi connectivity index (χ3v) is 4.83. The predicted molar refractivity (Wildman–Crippen MR) is 97.0 cm³/mol. The standard InChI is InChI=1S/C18H19FN4OS/c1-12(2)7-10-23-17(24)15-16(21-9-8-20-15)22-18(23)25-11-13-5-3-4-6-14(13)19/h3-6,8-9,12H,7,10-11H2,1-2H3. The van der Waals surface area contributed by atoms with Gasteiger partial charge in [0.2, 0.25) is 0 Å². The second-order valence-corrected chi connectivity index (χ2v) is 7.08. The second-order valence-electron chi connectivity index (χ2n) is 6.14. The number of thioether (sulfide) groups is 1. The van der Waals surface area contributed by atoms with Crippen LogP contribution in [0.15, 0.2) is 46.6 Å². The van der Waals surface area contributed by atoms with Crippen LogP contribution < -0.4 is 5.56 Å². The van der Waals surface area contributed by atoms with Crippen molar-refractivity contribution in [3.63, 3.8) is 0 Å². The van der Waals surface area contributed by atoms with Crippen LogP contribution in [0, 0.1) is 11.7 Å². The van der Waals surface area contributed by atoms with Crippen molar-refractivity contribution in [2.75, 3.05) is 0 Å². The average molecular weight is 358 g/mol. The van der Waals surface area contributed by atoms with Crippen molar-refractivity contribution in [3.8, 4) is 0 Å². The molecule has 0 fully saturated rings. The fourth-order valence-corrected chi connectivity index (χ4v) is 3.38. The molecule has 130 valence electrons. The highest BCUT2D eigenvalue weighted by atomic mass is 32.2. The first-order valence-electron chi connectivity index (χ1n) is 8.14. The van der Waals surface area contributed by atoms with Gasteiger partial charge in [0.05, 0.1) is 0 Å². The Bertz CT molecular complexity index is 942. The fourth-order valence-electron chi connectivity index (χ4n) is 2.38. The van der Waals surface area contributed by atoms with E-state index in [1.165, 1.54) is 30.2 Å². The summed E-state index contributed by atoms with van der Waals surface area (Å²) < 4.78 is 15.5. The van der Waals surface area contributed by atoms with Crippen molar-refractivity contribution in [1.82, 2.24) is 19.5 Å². The van der Waals surface area contributed by atoms with Gasteiger partial charge in [-0.3, -0.25) is 9.36 Å². The molecule has 2 aromatic heterocycles. The van der Waals surface area contributed by atoms with E-state index in [0.717, 1.165) is 6.42 Å². The summed E-state index contributed by atoms with van der Waals surface area (Å²) in [6.45, 7) is 4.76. The van der Waals surface area contributed by atoms with Gasteiger partial charge in [-0.05, 0) is 24.0 Å². The minimum atomic E-state index is -0.258. The molecule has 0 saturated carbocycles. The summed E-state index contributed by atoms with van der Waals surface area (Å²) in [5, 5.41) is 0.543. The number of nitrogens with zero attached hydrogens (tertiary/aromatic N) is 4. The SMILES string of the molecule is CC(C)CCn1c(SCc2ccccc2F)nc2nccnc2c1=O. The van der Waals surface area contributed by atoms with Crippen LogP contribution in [0.25, 0.3) is 11.2 Å². The van der Waals surface area contributed by atoms with Crippen LogP contribution in [0.1, 0.15) is 25.8 Å². The van der Waals surface area contributed by atoms with Gasteiger partial charge >= 0.3 is 0 Å². The van der Waals surface area contributed by atoms with Gasteiger partial charge in [0, 0.05) is 24.7 Å². The number of hydrogen-bond donors (Lipinski definition) is 0. The highest BCUT2D eigenvalue weighted by Crippen LogP contribution is 2.23. The lowest BCUT2D eigenvalue weighted by molar-refractivity contribution is 0.480. The zero-order valence-corrected chi connectivity index (χ0v) is 15.0. The fraction of sp³-hybridized carbons (Fsp3) is 0.333. The van der Waals surface area contributed by atoms with E-state index in [1.54, 1.807) is 22.8 Å². The molecule has 3 rings (SSSR count). The van der Waals surface area contributed by atoms with Crippen molar-refractivity contribution >= 4 is 22.9 Å². The quantitative estimate of drug-likeness (QED) is 0.497. The van der Waals surface area contributed by atoms with E-state index >= 15 is 0 Å². The number of benzene rings is 1. The molecule has 0 amide bonds. The highest BCUT2D eigenvalue weighted by molar-refractivity contribution is 7.98. The van der Waals surface area contributed by atoms with Crippen LogP contribution in [-0.2, 0) is 12.3 Å². The molecule has 5 nitrogen and oxygen atoms in total. The summed E-state index contributed by atoms with van der Waals surface area (Å²) in [5.41, 5.74) is 0.969. The minimum absolute atomic E-state index is 0.199. The predicted octanol–water partition coefficient (Wildman–Crippen LogP) is 3.66. The highest BCUT2D eigenvalue weighted by Gasteiger charge is 2.14. The molecule has 0 saturated heterocycles. The normalized spacial score (nSPS) is 11.4. The maximum Gasteiger partial charge on any atom is 0.282 e. The van der Waals surface area contributed by atoms with E-state index in [1.807, 2.05) is 0 Å². The van der Waals surface area contributed by atoms with Gasteiger partial charge in [0.1, 0.15) is 5.82 Å². The van der Waals surface area contributed by atoms with Crippen molar-refractivity contribution in [1.29, 1.82) is 0 Å². The first-order chi connectivity index (χ1) is 12.1. The zero-order valence-electron chi connectivity index (χ0n) is 14.1. The molecule has 0 unspecified atom stereocenters. The van der Waals surface area contributed by atoms with Crippen LogP contribution in [0.4, 0.5) is 4.39 Å². The second kappa shape index (κ2) is 7.74. The lowest BCUT2D eigenvalue weighted by Gasteiger charge is -2.13. The Morgan fingerprint density at radius 2 is 1.96 bits per heavy atom. The van der Waals surface area contributed by atoms with Gasteiger partial charge in [-0.2, -0.15) is 0 Å². The summed E-state index contributed by atoms with van der Waals surface area (Å²) >= 11 is 1.34. The maximum atomic E-state index is 13.9. The Morgan fingerprint density at radius 3 is 2.72 bits per heavy atom. The largest absolute Gasteiger partial charge is 0.286 e. The lowest BCUT2D eigenvalue weighted by atomic mass is 10.1. The summed E-state index contributed by atoms with van der Waals surface area (Å²) in [4.78, 5) is 25.5. The minimum Gasteiger partial charge on any atom is -0.286 e. The number of rotatable bonds is 6. The molecule has 0 bridgehead atoms. The molecular formula is C18H19FN4OS. The molecule has 25 heavy (non-hydrogen) atoms. The van der Waals surface area contributed by atoms with E-state index in [0.29, 0.717) is 34.6 Å². The Morgan fingerprint density at radius 1 is 1.20 bits per heavy atom. The molecule has 0 aliphatic carbocycles. The summed E-state index contributed by atoms with van der Waals surface area (Å²) in [6, 6.07) is 6.62. The zero-order chi connectivity index (χ0) is 17.8. The van der Waals surface area contributed by atoms with Gasteiger partial charge in [0.25, 0.3) is 5.56 Å². The topological polar surface area (TPSA) is 60.7 Å². The van der Waals surface area contributed by atoms with Crippen LogP contribution >= 0.6 is 11.8 Å².